The van der Waals surface area contributed by atoms with Crippen molar-refractivity contribution >= 4 is 15.9 Å². The zero-order valence-corrected chi connectivity index (χ0v) is 17.5. The molecule has 156 valence electrons. The molecular weight excluding hydrogens is 392 g/mol. The molecule has 8 heteroatoms. The first-order valence-electron chi connectivity index (χ1n) is 9.88. The van der Waals surface area contributed by atoms with E-state index in [0.717, 1.165) is 12.2 Å². The Kier molecular flexibility index (Phi) is 5.50. The number of amides is 1. The van der Waals surface area contributed by atoms with Crippen LogP contribution in [0.1, 0.15) is 41.1 Å². The lowest BCUT2D eigenvalue weighted by molar-refractivity contribution is 0.0303. The van der Waals surface area contributed by atoms with Crippen molar-refractivity contribution < 1.29 is 22.4 Å². The number of ether oxygens (including phenoxy) is 1. The van der Waals surface area contributed by atoms with E-state index in [0.29, 0.717) is 49.5 Å². The van der Waals surface area contributed by atoms with E-state index in [1.807, 2.05) is 12.1 Å². The molecule has 1 amide bonds. The highest BCUT2D eigenvalue weighted by atomic mass is 32.2. The fourth-order valence-electron chi connectivity index (χ4n) is 3.60. The maximum Gasteiger partial charge on any atom is 0.254 e. The molecular formula is C21H26N2O5S. The number of hydrogen-bond donors (Lipinski definition) is 0. The normalized spacial score (nSPS) is 22.1. The van der Waals surface area contributed by atoms with Crippen molar-refractivity contribution in [1.29, 1.82) is 0 Å². The molecule has 2 heterocycles. The number of nitrogens with zero attached hydrogens (tertiary/aromatic N) is 2. The second-order valence-corrected chi connectivity index (χ2v) is 9.86. The van der Waals surface area contributed by atoms with Gasteiger partial charge in [0.05, 0.1) is 24.7 Å². The first kappa shape index (κ1) is 20.1. The van der Waals surface area contributed by atoms with Gasteiger partial charge in [-0.25, -0.2) is 8.42 Å². The molecule has 29 heavy (non-hydrogen) atoms. The van der Waals surface area contributed by atoms with E-state index in [1.165, 1.54) is 23.5 Å². The van der Waals surface area contributed by atoms with Crippen LogP contribution in [0, 0.1) is 5.92 Å². The molecule has 7 nitrogen and oxygen atoms in total. The first-order valence-corrected chi connectivity index (χ1v) is 11.3. The molecule has 1 aromatic heterocycles. The number of rotatable bonds is 6. The topological polar surface area (TPSA) is 80.1 Å². The fraction of sp³-hybridized carbons (Fsp3) is 0.476. The summed E-state index contributed by atoms with van der Waals surface area (Å²) in [7, 11) is -2.15. The molecule has 2 aromatic rings. The standard InChI is InChI=1S/C21H26N2O5S/c1-15-13-19(15)20-8-5-17(28-20)14-22(2)29(25,26)18-6-3-16(4-7-18)21(24)23-9-11-27-12-10-23/h3-8,15,19H,9-14H2,1-2H3. The van der Waals surface area contributed by atoms with E-state index in [9.17, 15) is 13.2 Å². The molecule has 4 rings (SSSR count). The summed E-state index contributed by atoms with van der Waals surface area (Å²) >= 11 is 0. The largest absolute Gasteiger partial charge is 0.464 e. The average Bonchev–Trinajstić information content (AvgIpc) is 3.29. The number of morpholine rings is 1. The summed E-state index contributed by atoms with van der Waals surface area (Å²) in [6, 6.07) is 9.89. The van der Waals surface area contributed by atoms with E-state index in [4.69, 9.17) is 9.15 Å². The van der Waals surface area contributed by atoms with Crippen LogP contribution in [0.25, 0.3) is 0 Å². The van der Waals surface area contributed by atoms with Gasteiger partial charge in [0, 0.05) is 31.6 Å². The minimum atomic E-state index is -3.68. The molecule has 1 aliphatic heterocycles. The summed E-state index contributed by atoms with van der Waals surface area (Å²) in [5.74, 6) is 2.55. The summed E-state index contributed by atoms with van der Waals surface area (Å²) < 4.78 is 38.2. The Hall–Kier alpha value is -2.16. The van der Waals surface area contributed by atoms with Gasteiger partial charge >= 0.3 is 0 Å². The summed E-state index contributed by atoms with van der Waals surface area (Å²) in [5.41, 5.74) is 0.475. The van der Waals surface area contributed by atoms with Gasteiger partial charge in [-0.1, -0.05) is 6.92 Å². The molecule has 1 saturated heterocycles. The number of carbonyl (C=O) groups is 1. The molecule has 1 aromatic carbocycles. The van der Waals surface area contributed by atoms with Crippen LogP contribution < -0.4 is 0 Å². The van der Waals surface area contributed by atoms with Crippen molar-refractivity contribution in [3.8, 4) is 0 Å². The van der Waals surface area contributed by atoms with Gasteiger partial charge in [-0.3, -0.25) is 4.79 Å². The van der Waals surface area contributed by atoms with Gasteiger partial charge in [0.2, 0.25) is 10.0 Å². The van der Waals surface area contributed by atoms with Crippen LogP contribution in [0.2, 0.25) is 0 Å². The van der Waals surface area contributed by atoms with Crippen molar-refractivity contribution in [2.45, 2.75) is 30.7 Å². The lowest BCUT2D eigenvalue weighted by atomic mass is 10.2. The molecule has 0 radical (unpaired) electrons. The summed E-state index contributed by atoms with van der Waals surface area (Å²) in [4.78, 5) is 14.4. The monoisotopic (exact) mass is 418 g/mol. The highest BCUT2D eigenvalue weighted by Crippen LogP contribution is 2.47. The molecule has 0 bridgehead atoms. The number of hydrogen-bond acceptors (Lipinski definition) is 5. The molecule has 0 N–H and O–H groups in total. The second kappa shape index (κ2) is 7.93. The van der Waals surface area contributed by atoms with E-state index >= 15 is 0 Å². The lowest BCUT2D eigenvalue weighted by Crippen LogP contribution is -2.40. The number of benzene rings is 1. The summed E-state index contributed by atoms with van der Waals surface area (Å²) in [6.07, 6.45) is 1.12. The highest BCUT2D eigenvalue weighted by molar-refractivity contribution is 7.89. The zero-order chi connectivity index (χ0) is 20.6. The highest BCUT2D eigenvalue weighted by Gasteiger charge is 2.36. The zero-order valence-electron chi connectivity index (χ0n) is 16.7. The molecule has 1 aliphatic carbocycles. The fourth-order valence-corrected chi connectivity index (χ4v) is 4.74. The van der Waals surface area contributed by atoms with Crippen molar-refractivity contribution in [3.05, 3.63) is 53.5 Å². The van der Waals surface area contributed by atoms with E-state index < -0.39 is 10.0 Å². The Bertz CT molecular complexity index is 977. The van der Waals surface area contributed by atoms with Gasteiger partial charge in [0.15, 0.2) is 0 Å². The second-order valence-electron chi connectivity index (χ2n) is 7.81. The van der Waals surface area contributed by atoms with Gasteiger partial charge in [-0.05, 0) is 48.7 Å². The van der Waals surface area contributed by atoms with E-state index in [-0.39, 0.29) is 17.3 Å². The Morgan fingerprint density at radius 2 is 1.79 bits per heavy atom. The van der Waals surface area contributed by atoms with E-state index in [2.05, 4.69) is 6.92 Å². The molecule has 1 saturated carbocycles. The van der Waals surface area contributed by atoms with Crippen molar-refractivity contribution in [3.63, 3.8) is 0 Å². The Balaban J connectivity index is 1.43. The molecule has 2 aliphatic rings. The molecule has 2 unspecified atom stereocenters. The molecule has 2 fully saturated rings. The Labute approximate surface area is 171 Å². The summed E-state index contributed by atoms with van der Waals surface area (Å²) in [5, 5.41) is 0. The van der Waals surface area contributed by atoms with Crippen LogP contribution in [-0.4, -0.2) is 56.9 Å². The van der Waals surface area contributed by atoms with Gasteiger partial charge in [-0.2, -0.15) is 4.31 Å². The summed E-state index contributed by atoms with van der Waals surface area (Å²) in [6.45, 7) is 4.49. The minimum Gasteiger partial charge on any atom is -0.464 e. The lowest BCUT2D eigenvalue weighted by Gasteiger charge is -2.27. The number of sulfonamides is 1. The predicted octanol–water partition coefficient (Wildman–Crippen LogP) is 2.70. The average molecular weight is 419 g/mol. The van der Waals surface area contributed by atoms with Crippen LogP contribution in [0.3, 0.4) is 0 Å². The predicted molar refractivity (Wildman–Crippen MR) is 107 cm³/mol. The van der Waals surface area contributed by atoms with Crippen LogP contribution in [0.4, 0.5) is 0 Å². The number of furan rings is 1. The maximum absolute atomic E-state index is 12.9. The van der Waals surface area contributed by atoms with Crippen molar-refractivity contribution in [2.24, 2.45) is 5.92 Å². The quantitative estimate of drug-likeness (QED) is 0.721. The van der Waals surface area contributed by atoms with Crippen LogP contribution in [0.5, 0.6) is 0 Å². The molecule has 0 spiro atoms. The van der Waals surface area contributed by atoms with Gasteiger partial charge < -0.3 is 14.1 Å². The minimum absolute atomic E-state index is 0.108. The first-order chi connectivity index (χ1) is 13.9. The Morgan fingerprint density at radius 1 is 1.14 bits per heavy atom. The Morgan fingerprint density at radius 3 is 2.41 bits per heavy atom. The maximum atomic E-state index is 12.9. The smallest absolute Gasteiger partial charge is 0.254 e. The van der Waals surface area contributed by atoms with Crippen LogP contribution >= 0.6 is 0 Å². The third-order valence-electron chi connectivity index (χ3n) is 5.64. The SMILES string of the molecule is CC1CC1c1ccc(CN(C)S(=O)(=O)c2ccc(C(=O)N3CCOCC3)cc2)o1. The van der Waals surface area contributed by atoms with Crippen molar-refractivity contribution in [1.82, 2.24) is 9.21 Å². The van der Waals surface area contributed by atoms with Crippen molar-refractivity contribution in [2.75, 3.05) is 33.4 Å². The third kappa shape index (κ3) is 4.24. The van der Waals surface area contributed by atoms with Gasteiger partial charge in [-0.15, -0.1) is 0 Å². The van der Waals surface area contributed by atoms with E-state index in [1.54, 1.807) is 17.0 Å². The van der Waals surface area contributed by atoms with Crippen LogP contribution in [0.15, 0.2) is 45.7 Å². The third-order valence-corrected chi connectivity index (χ3v) is 7.46. The molecule has 2 atom stereocenters. The van der Waals surface area contributed by atoms with Gasteiger partial charge in [0.1, 0.15) is 11.5 Å². The number of carbonyl (C=O) groups excluding carboxylic acids is 1. The van der Waals surface area contributed by atoms with Crippen LogP contribution in [-0.2, 0) is 21.3 Å². The van der Waals surface area contributed by atoms with Gasteiger partial charge in [0.25, 0.3) is 5.91 Å².